The van der Waals surface area contributed by atoms with Crippen LogP contribution in [0.5, 0.6) is 0 Å². The van der Waals surface area contributed by atoms with Crippen molar-refractivity contribution in [3.8, 4) is 0 Å². The van der Waals surface area contributed by atoms with Gasteiger partial charge in [-0.25, -0.2) is 0 Å². The molecule has 2 aromatic carbocycles. The van der Waals surface area contributed by atoms with Gasteiger partial charge in [-0.3, -0.25) is 4.79 Å². The lowest BCUT2D eigenvalue weighted by atomic mass is 10.0. The van der Waals surface area contributed by atoms with Crippen LogP contribution in [0, 0.1) is 0 Å². The molecule has 3 nitrogen and oxygen atoms in total. The molecule has 0 fully saturated rings. The molecule has 0 saturated heterocycles. The van der Waals surface area contributed by atoms with Crippen LogP contribution < -0.4 is 5.73 Å². The summed E-state index contributed by atoms with van der Waals surface area (Å²) in [5, 5.41) is 0. The molecule has 0 heterocycles. The number of amides is 1. The Labute approximate surface area is 126 Å². The van der Waals surface area contributed by atoms with Gasteiger partial charge in [0.2, 0.25) is 0 Å². The summed E-state index contributed by atoms with van der Waals surface area (Å²) in [6.45, 7) is 0.573. The van der Waals surface area contributed by atoms with Crippen LogP contribution in [0.15, 0.2) is 60.7 Å². The van der Waals surface area contributed by atoms with E-state index in [2.05, 4.69) is 12.1 Å². The summed E-state index contributed by atoms with van der Waals surface area (Å²) in [6.07, 6.45) is 1.62. The van der Waals surface area contributed by atoms with E-state index >= 15 is 0 Å². The van der Waals surface area contributed by atoms with Crippen molar-refractivity contribution in [2.75, 3.05) is 13.6 Å². The molecule has 0 aromatic heterocycles. The van der Waals surface area contributed by atoms with Crippen molar-refractivity contribution in [1.82, 2.24) is 4.90 Å². The number of hydrogen-bond acceptors (Lipinski definition) is 2. The molecular weight excluding hydrogens is 260 g/mol. The Hall–Kier alpha value is -2.13. The fourth-order valence-corrected chi connectivity index (χ4v) is 2.46. The van der Waals surface area contributed by atoms with Crippen molar-refractivity contribution in [3.05, 3.63) is 71.8 Å². The molecule has 2 N–H and O–H groups in total. The standard InChI is InChI=1S/C18H22N2O/c1-20(18(21)16-10-6-3-7-11-16)17(12-13-19)14-15-8-4-2-5-9-15/h2-11,17H,12-14,19H2,1H3. The SMILES string of the molecule is CN(C(=O)c1ccccc1)C(CCN)Cc1ccccc1. The van der Waals surface area contributed by atoms with Crippen LogP contribution in [-0.4, -0.2) is 30.4 Å². The minimum atomic E-state index is 0.0463. The highest BCUT2D eigenvalue weighted by molar-refractivity contribution is 5.94. The molecule has 0 spiro atoms. The number of rotatable bonds is 6. The van der Waals surface area contributed by atoms with Crippen LogP contribution in [0.2, 0.25) is 0 Å². The number of likely N-dealkylation sites (N-methyl/N-ethyl adjacent to an activating group) is 1. The summed E-state index contributed by atoms with van der Waals surface area (Å²) >= 11 is 0. The third kappa shape index (κ3) is 4.17. The molecule has 21 heavy (non-hydrogen) atoms. The second-order valence-electron chi connectivity index (χ2n) is 5.20. The van der Waals surface area contributed by atoms with Crippen LogP contribution in [0.25, 0.3) is 0 Å². The second kappa shape index (κ2) is 7.60. The molecule has 0 aliphatic carbocycles. The molecule has 0 aliphatic rings. The van der Waals surface area contributed by atoms with Crippen LogP contribution in [0.3, 0.4) is 0 Å². The molecule has 1 amide bonds. The van der Waals surface area contributed by atoms with E-state index in [9.17, 15) is 4.79 Å². The number of nitrogens with zero attached hydrogens (tertiary/aromatic N) is 1. The molecular formula is C18H22N2O. The number of hydrogen-bond donors (Lipinski definition) is 1. The first-order valence-electron chi connectivity index (χ1n) is 7.28. The van der Waals surface area contributed by atoms with Crippen molar-refractivity contribution >= 4 is 5.91 Å². The van der Waals surface area contributed by atoms with Crippen LogP contribution in [0.4, 0.5) is 0 Å². The Kier molecular flexibility index (Phi) is 5.52. The van der Waals surface area contributed by atoms with E-state index in [0.717, 1.165) is 18.4 Å². The van der Waals surface area contributed by atoms with E-state index in [1.54, 1.807) is 0 Å². The van der Waals surface area contributed by atoms with Gasteiger partial charge < -0.3 is 10.6 Å². The maximum atomic E-state index is 12.5. The Bertz CT molecular complexity index is 554. The fourth-order valence-electron chi connectivity index (χ4n) is 2.46. The number of nitrogens with two attached hydrogens (primary N) is 1. The lowest BCUT2D eigenvalue weighted by molar-refractivity contribution is 0.0725. The summed E-state index contributed by atoms with van der Waals surface area (Å²) < 4.78 is 0. The predicted molar refractivity (Wildman–Crippen MR) is 86.1 cm³/mol. The Morgan fingerprint density at radius 1 is 1.05 bits per heavy atom. The average Bonchev–Trinajstić information content (AvgIpc) is 2.55. The molecule has 2 aromatic rings. The van der Waals surface area contributed by atoms with Crippen molar-refractivity contribution in [3.63, 3.8) is 0 Å². The highest BCUT2D eigenvalue weighted by Crippen LogP contribution is 2.14. The largest absolute Gasteiger partial charge is 0.338 e. The smallest absolute Gasteiger partial charge is 0.253 e. The quantitative estimate of drug-likeness (QED) is 0.885. The summed E-state index contributed by atoms with van der Waals surface area (Å²) in [7, 11) is 1.86. The zero-order valence-corrected chi connectivity index (χ0v) is 12.4. The molecule has 1 atom stereocenters. The Morgan fingerprint density at radius 2 is 1.62 bits per heavy atom. The summed E-state index contributed by atoms with van der Waals surface area (Å²) in [4.78, 5) is 14.4. The highest BCUT2D eigenvalue weighted by Gasteiger charge is 2.20. The van der Waals surface area contributed by atoms with E-state index in [4.69, 9.17) is 5.73 Å². The maximum Gasteiger partial charge on any atom is 0.253 e. The minimum Gasteiger partial charge on any atom is -0.338 e. The van der Waals surface area contributed by atoms with Gasteiger partial charge in [0.15, 0.2) is 0 Å². The van der Waals surface area contributed by atoms with Gasteiger partial charge in [0.1, 0.15) is 0 Å². The summed E-state index contributed by atoms with van der Waals surface area (Å²) in [6, 6.07) is 19.7. The van der Waals surface area contributed by atoms with Crippen LogP contribution in [0.1, 0.15) is 22.3 Å². The Balaban J connectivity index is 2.12. The van der Waals surface area contributed by atoms with Crippen LogP contribution in [-0.2, 0) is 6.42 Å². The van der Waals surface area contributed by atoms with E-state index < -0.39 is 0 Å². The number of carbonyl (C=O) groups excluding carboxylic acids is 1. The van der Waals surface area contributed by atoms with Gasteiger partial charge in [0.25, 0.3) is 5.91 Å². The molecule has 110 valence electrons. The van der Waals surface area contributed by atoms with Gasteiger partial charge in [-0.15, -0.1) is 0 Å². The first-order valence-corrected chi connectivity index (χ1v) is 7.28. The monoisotopic (exact) mass is 282 g/mol. The first-order chi connectivity index (χ1) is 10.2. The third-order valence-corrected chi connectivity index (χ3v) is 3.70. The lowest BCUT2D eigenvalue weighted by Crippen LogP contribution is -2.39. The lowest BCUT2D eigenvalue weighted by Gasteiger charge is -2.28. The normalized spacial score (nSPS) is 11.9. The Morgan fingerprint density at radius 3 is 2.19 bits per heavy atom. The highest BCUT2D eigenvalue weighted by atomic mass is 16.2. The molecule has 0 saturated carbocycles. The molecule has 0 bridgehead atoms. The molecule has 3 heteroatoms. The predicted octanol–water partition coefficient (Wildman–Crippen LogP) is 2.72. The average molecular weight is 282 g/mol. The van der Waals surface area contributed by atoms with Crippen molar-refractivity contribution in [2.45, 2.75) is 18.9 Å². The molecule has 2 rings (SSSR count). The van der Waals surface area contributed by atoms with Crippen molar-refractivity contribution < 1.29 is 4.79 Å². The third-order valence-electron chi connectivity index (χ3n) is 3.70. The van der Waals surface area contributed by atoms with Crippen molar-refractivity contribution in [1.29, 1.82) is 0 Å². The summed E-state index contributed by atoms with van der Waals surface area (Å²) in [5.41, 5.74) is 7.67. The zero-order chi connectivity index (χ0) is 15.1. The van der Waals surface area contributed by atoms with Gasteiger partial charge in [0.05, 0.1) is 0 Å². The number of carbonyl (C=O) groups is 1. The van der Waals surface area contributed by atoms with E-state index in [-0.39, 0.29) is 11.9 Å². The fraction of sp³-hybridized carbons (Fsp3) is 0.278. The zero-order valence-electron chi connectivity index (χ0n) is 12.4. The number of benzene rings is 2. The molecule has 0 aliphatic heterocycles. The minimum absolute atomic E-state index is 0.0463. The van der Waals surface area contributed by atoms with Gasteiger partial charge in [-0.05, 0) is 37.1 Å². The summed E-state index contributed by atoms with van der Waals surface area (Å²) in [5.74, 6) is 0.0463. The van der Waals surface area contributed by atoms with E-state index in [0.29, 0.717) is 6.54 Å². The first kappa shape index (κ1) is 15.3. The maximum absolute atomic E-state index is 12.5. The second-order valence-corrected chi connectivity index (χ2v) is 5.20. The van der Waals surface area contributed by atoms with Gasteiger partial charge in [0, 0.05) is 18.7 Å². The molecule has 0 radical (unpaired) electrons. The van der Waals surface area contributed by atoms with E-state index in [1.165, 1.54) is 5.56 Å². The van der Waals surface area contributed by atoms with Crippen molar-refractivity contribution in [2.24, 2.45) is 5.73 Å². The van der Waals surface area contributed by atoms with Gasteiger partial charge in [-0.2, -0.15) is 0 Å². The topological polar surface area (TPSA) is 46.3 Å². The van der Waals surface area contributed by atoms with Gasteiger partial charge >= 0.3 is 0 Å². The van der Waals surface area contributed by atoms with E-state index in [1.807, 2.05) is 60.5 Å². The molecule has 1 unspecified atom stereocenters. The van der Waals surface area contributed by atoms with Gasteiger partial charge in [-0.1, -0.05) is 48.5 Å². The van der Waals surface area contributed by atoms with Crippen LogP contribution >= 0.6 is 0 Å².